The third-order valence-corrected chi connectivity index (χ3v) is 5.70. The fraction of sp³-hybridized carbons (Fsp3) is 0.350. The van der Waals surface area contributed by atoms with Crippen LogP contribution in [0.3, 0.4) is 0 Å². The molecule has 0 amide bonds. The van der Waals surface area contributed by atoms with E-state index in [1.54, 1.807) is 12.3 Å². The largest absolute Gasteiger partial charge is 0.476 e. The van der Waals surface area contributed by atoms with Gasteiger partial charge in [-0.05, 0) is 37.9 Å². The van der Waals surface area contributed by atoms with Crippen LogP contribution in [0.1, 0.15) is 11.3 Å². The average molecular weight is 345 g/mol. The number of fused-ring (bicyclic) bond motifs is 2. The zero-order valence-electron chi connectivity index (χ0n) is 14.5. The molecule has 3 heterocycles. The second kappa shape index (κ2) is 5.82. The molecule has 6 nitrogen and oxygen atoms in total. The second-order valence-corrected chi connectivity index (χ2v) is 7.15. The molecule has 1 saturated carbocycles. The van der Waals surface area contributed by atoms with Crippen LogP contribution in [-0.4, -0.2) is 34.6 Å². The topological polar surface area (TPSA) is 86.6 Å². The van der Waals surface area contributed by atoms with Gasteiger partial charge in [0.1, 0.15) is 11.8 Å². The maximum Gasteiger partial charge on any atom is 0.235 e. The number of H-pyrrole nitrogens is 1. The van der Waals surface area contributed by atoms with Crippen molar-refractivity contribution >= 4 is 10.9 Å². The Balaban J connectivity index is 1.39. The van der Waals surface area contributed by atoms with E-state index < -0.39 is 0 Å². The lowest BCUT2D eigenvalue weighted by Gasteiger charge is -2.10. The monoisotopic (exact) mass is 345 g/mol. The highest BCUT2D eigenvalue weighted by atomic mass is 16.5. The van der Waals surface area contributed by atoms with Crippen LogP contribution in [0, 0.1) is 36.0 Å². The first-order valence-electron chi connectivity index (χ1n) is 8.94. The maximum atomic E-state index is 9.25. The van der Waals surface area contributed by atoms with Crippen LogP contribution in [0.15, 0.2) is 30.6 Å². The number of nitrogens with zero attached hydrogens (tertiary/aromatic N) is 3. The summed E-state index contributed by atoms with van der Waals surface area (Å²) in [6, 6.07) is 7.89. The number of piperidine rings is 1. The molecule has 26 heavy (non-hydrogen) atoms. The van der Waals surface area contributed by atoms with Crippen LogP contribution in [0.2, 0.25) is 0 Å². The Bertz CT molecular complexity index is 1020. The summed E-state index contributed by atoms with van der Waals surface area (Å²) in [4.78, 5) is 12.4. The minimum atomic E-state index is 0.615. The smallest absolute Gasteiger partial charge is 0.235 e. The molecule has 2 aliphatic rings. The number of benzene rings is 1. The summed E-state index contributed by atoms with van der Waals surface area (Å²) < 4.78 is 5.94. The van der Waals surface area contributed by atoms with Crippen LogP contribution in [0.5, 0.6) is 5.88 Å². The number of nitrogens with one attached hydrogen (secondary N) is 2. The zero-order valence-corrected chi connectivity index (χ0v) is 14.5. The lowest BCUT2D eigenvalue weighted by atomic mass is 10.1. The number of aryl methyl sites for hydroxylation is 1. The summed E-state index contributed by atoms with van der Waals surface area (Å²) in [5, 5.41) is 13.6. The van der Waals surface area contributed by atoms with Gasteiger partial charge in [-0.15, -0.1) is 0 Å². The van der Waals surface area contributed by atoms with Gasteiger partial charge in [0, 0.05) is 23.1 Å². The van der Waals surface area contributed by atoms with Crippen LogP contribution in [-0.2, 0) is 0 Å². The van der Waals surface area contributed by atoms with Gasteiger partial charge in [-0.2, -0.15) is 5.26 Å². The molecule has 1 aliphatic heterocycles. The molecule has 0 radical (unpaired) electrons. The molecule has 5 rings (SSSR count). The summed E-state index contributed by atoms with van der Waals surface area (Å²) in [6.45, 7) is 4.89. The Morgan fingerprint density at radius 2 is 2.15 bits per heavy atom. The van der Waals surface area contributed by atoms with Crippen molar-refractivity contribution < 1.29 is 4.74 Å². The van der Waals surface area contributed by atoms with E-state index in [1.165, 1.54) is 0 Å². The van der Waals surface area contributed by atoms with E-state index in [0.29, 0.717) is 17.4 Å². The number of aromatic amines is 1. The Morgan fingerprint density at radius 1 is 1.31 bits per heavy atom. The van der Waals surface area contributed by atoms with Gasteiger partial charge < -0.3 is 15.0 Å². The van der Waals surface area contributed by atoms with Crippen molar-refractivity contribution in [2.45, 2.75) is 6.92 Å². The van der Waals surface area contributed by atoms with E-state index in [9.17, 15) is 5.26 Å². The van der Waals surface area contributed by atoms with Gasteiger partial charge in [-0.3, -0.25) is 0 Å². The van der Waals surface area contributed by atoms with E-state index in [-0.39, 0.29) is 0 Å². The number of aromatic nitrogens is 3. The Kier molecular flexibility index (Phi) is 3.44. The molecule has 3 aromatic rings. The SMILES string of the molecule is Cc1nc(-c2c[nH]c3c(C#N)cccc23)cnc1OC[C@@H]1[C@@H]2CNC[C@@H]21. The van der Waals surface area contributed by atoms with Gasteiger partial charge in [0.15, 0.2) is 0 Å². The number of rotatable bonds is 4. The second-order valence-electron chi connectivity index (χ2n) is 7.15. The van der Waals surface area contributed by atoms with E-state index in [1.807, 2.05) is 25.3 Å². The van der Waals surface area contributed by atoms with Gasteiger partial charge in [0.25, 0.3) is 0 Å². The van der Waals surface area contributed by atoms with Gasteiger partial charge in [-0.1, -0.05) is 12.1 Å². The predicted molar refractivity (Wildman–Crippen MR) is 97.6 cm³/mol. The summed E-state index contributed by atoms with van der Waals surface area (Å²) in [6.07, 6.45) is 3.63. The van der Waals surface area contributed by atoms with Crippen LogP contribution in [0.25, 0.3) is 22.2 Å². The highest BCUT2D eigenvalue weighted by Crippen LogP contribution is 2.48. The standard InChI is InChI=1S/C20H19N5O/c1-11-20(26-10-17-14-6-22-7-15(14)17)24-9-18(25-11)16-8-23-19-12(5-21)3-2-4-13(16)19/h2-4,8-9,14-15,17,22-23H,6-7,10H2,1H3/t14-,15+,17-. The number of hydrogen-bond donors (Lipinski definition) is 2. The van der Waals surface area contributed by atoms with Crippen LogP contribution < -0.4 is 10.1 Å². The highest BCUT2D eigenvalue weighted by Gasteiger charge is 2.53. The van der Waals surface area contributed by atoms with E-state index >= 15 is 0 Å². The third-order valence-electron chi connectivity index (χ3n) is 5.70. The highest BCUT2D eigenvalue weighted by molar-refractivity contribution is 5.97. The minimum absolute atomic E-state index is 0.615. The molecule has 0 spiro atoms. The van der Waals surface area contributed by atoms with Gasteiger partial charge in [0.2, 0.25) is 5.88 Å². The van der Waals surface area contributed by atoms with Crippen molar-refractivity contribution in [3.8, 4) is 23.2 Å². The fourth-order valence-corrected chi connectivity index (χ4v) is 4.17. The number of nitriles is 1. The summed E-state index contributed by atoms with van der Waals surface area (Å²) >= 11 is 0. The molecule has 0 unspecified atom stereocenters. The molecule has 2 N–H and O–H groups in total. The van der Waals surface area contributed by atoms with Crippen LogP contribution >= 0.6 is 0 Å². The minimum Gasteiger partial charge on any atom is -0.476 e. The molecule has 6 heteroatoms. The predicted octanol–water partition coefficient (Wildman–Crippen LogP) is 2.65. The zero-order chi connectivity index (χ0) is 17.7. The summed E-state index contributed by atoms with van der Waals surface area (Å²) in [7, 11) is 0. The Morgan fingerprint density at radius 3 is 2.92 bits per heavy atom. The van der Waals surface area contributed by atoms with E-state index in [0.717, 1.165) is 59.4 Å². The van der Waals surface area contributed by atoms with E-state index in [4.69, 9.17) is 4.74 Å². The van der Waals surface area contributed by atoms with Crippen molar-refractivity contribution in [2.24, 2.45) is 17.8 Å². The molecule has 2 fully saturated rings. The molecule has 1 aromatic carbocycles. The van der Waals surface area contributed by atoms with Gasteiger partial charge in [0.05, 0.1) is 29.6 Å². The van der Waals surface area contributed by atoms with E-state index in [2.05, 4.69) is 26.3 Å². The summed E-state index contributed by atoms with van der Waals surface area (Å²) in [5.74, 6) is 2.84. The van der Waals surface area contributed by atoms with Gasteiger partial charge >= 0.3 is 0 Å². The Labute approximate surface area is 151 Å². The molecule has 3 atom stereocenters. The average Bonchev–Trinajstić information content (AvgIpc) is 3.04. The molecule has 0 bridgehead atoms. The maximum absolute atomic E-state index is 9.25. The van der Waals surface area contributed by atoms with Crippen molar-refractivity contribution in [3.05, 3.63) is 41.9 Å². The number of ether oxygens (including phenoxy) is 1. The quantitative estimate of drug-likeness (QED) is 0.759. The molecular formula is C20H19N5O. The van der Waals surface area contributed by atoms with Gasteiger partial charge in [-0.25, -0.2) is 9.97 Å². The number of hydrogen-bond acceptors (Lipinski definition) is 5. The van der Waals surface area contributed by atoms with Crippen molar-refractivity contribution in [3.63, 3.8) is 0 Å². The number of para-hydroxylation sites is 1. The van der Waals surface area contributed by atoms with Crippen molar-refractivity contribution in [2.75, 3.05) is 19.7 Å². The Hall–Kier alpha value is -2.91. The molecule has 1 saturated heterocycles. The summed E-state index contributed by atoms with van der Waals surface area (Å²) in [5.41, 5.74) is 3.98. The normalized spacial score (nSPS) is 23.6. The first-order valence-corrected chi connectivity index (χ1v) is 8.94. The van der Waals surface area contributed by atoms with Crippen molar-refractivity contribution in [1.82, 2.24) is 20.3 Å². The lowest BCUT2D eigenvalue weighted by Crippen LogP contribution is -2.18. The molecule has 130 valence electrons. The molecule has 2 aromatic heterocycles. The van der Waals surface area contributed by atoms with Crippen LogP contribution in [0.4, 0.5) is 0 Å². The molecule has 1 aliphatic carbocycles. The van der Waals surface area contributed by atoms with Crippen molar-refractivity contribution in [1.29, 1.82) is 5.26 Å². The first-order chi connectivity index (χ1) is 12.8. The first kappa shape index (κ1) is 15.4. The third kappa shape index (κ3) is 2.36. The fourth-order valence-electron chi connectivity index (χ4n) is 4.17. The lowest BCUT2D eigenvalue weighted by molar-refractivity contribution is 0.267. The molecular weight excluding hydrogens is 326 g/mol.